The Balaban J connectivity index is 1.48. The first-order chi connectivity index (χ1) is 16.5. The van der Waals surface area contributed by atoms with Crippen molar-refractivity contribution < 1.29 is 18.8 Å². The number of aliphatic hydroxyl groups excluding tert-OH is 1. The van der Waals surface area contributed by atoms with Crippen molar-refractivity contribution in [2.75, 3.05) is 18.6 Å². The van der Waals surface area contributed by atoms with Gasteiger partial charge in [-0.25, -0.2) is 19.2 Å². The summed E-state index contributed by atoms with van der Waals surface area (Å²) in [6.07, 6.45) is 8.63. The Hall–Kier alpha value is -2.78. The van der Waals surface area contributed by atoms with Gasteiger partial charge in [-0.3, -0.25) is 0 Å². The van der Waals surface area contributed by atoms with E-state index < -0.39 is 9.73 Å². The summed E-state index contributed by atoms with van der Waals surface area (Å²) in [4.78, 5) is 13.5. The highest BCUT2D eigenvalue weighted by molar-refractivity contribution is 7.93. The Morgan fingerprint density at radius 2 is 1.91 bits per heavy atom. The minimum Gasteiger partial charge on any atom is -0.496 e. The first-order valence-corrected chi connectivity index (χ1v) is 13.7. The topological polar surface area (TPSA) is 107 Å². The molecule has 1 aromatic carbocycles. The molecule has 8 nitrogen and oxygen atoms in total. The van der Waals surface area contributed by atoms with Gasteiger partial charge in [0.25, 0.3) is 0 Å². The van der Waals surface area contributed by atoms with Crippen molar-refractivity contribution in [2.24, 2.45) is 4.36 Å². The molecule has 1 N–H and O–H groups in total. The van der Waals surface area contributed by atoms with Crippen molar-refractivity contribution >= 4 is 26.3 Å². The van der Waals surface area contributed by atoms with Crippen LogP contribution in [0.25, 0.3) is 10.9 Å². The van der Waals surface area contributed by atoms with Crippen molar-refractivity contribution in [3.63, 3.8) is 0 Å². The predicted octanol–water partition coefficient (Wildman–Crippen LogP) is 4.20. The number of nitrogens with zero attached hydrogens (tertiary/aromatic N) is 4. The van der Waals surface area contributed by atoms with E-state index in [4.69, 9.17) is 9.47 Å². The normalized spacial score (nSPS) is 21.9. The zero-order valence-electron chi connectivity index (χ0n) is 19.4. The number of fused-ring (bicyclic) bond motifs is 1. The standard InChI is InChI=1S/C25H30N4O4S/c1-32-23-15-18(29-34(31)11-2-3-12-34)14-22-24(23)21(27-16-28-22)13-17-5-4-10-26-25(17)33-20-8-6-19(30)7-9-20/h4-5,10,14-16,19-20,30H,2-3,6-9,11-13H2,1H3. The third kappa shape index (κ3) is 5.00. The second kappa shape index (κ2) is 9.84. The molecule has 1 saturated heterocycles. The maximum absolute atomic E-state index is 12.9. The number of methoxy groups -OCH3 is 1. The number of aromatic nitrogens is 3. The summed E-state index contributed by atoms with van der Waals surface area (Å²) in [6, 6.07) is 7.58. The number of hydrogen-bond acceptors (Lipinski definition) is 8. The molecule has 0 spiro atoms. The fraction of sp³-hybridized carbons (Fsp3) is 0.480. The Labute approximate surface area is 199 Å². The van der Waals surface area contributed by atoms with Crippen LogP contribution < -0.4 is 9.47 Å². The van der Waals surface area contributed by atoms with Gasteiger partial charge in [0, 0.05) is 35.8 Å². The maximum atomic E-state index is 12.9. The zero-order chi connectivity index (χ0) is 23.5. The third-order valence-electron chi connectivity index (χ3n) is 6.56. The summed E-state index contributed by atoms with van der Waals surface area (Å²) in [5.74, 6) is 2.50. The van der Waals surface area contributed by atoms with Crippen molar-refractivity contribution in [3.05, 3.63) is 48.0 Å². The molecular weight excluding hydrogens is 452 g/mol. The highest BCUT2D eigenvalue weighted by Gasteiger charge is 2.23. The lowest BCUT2D eigenvalue weighted by atomic mass is 9.95. The van der Waals surface area contributed by atoms with E-state index in [1.54, 1.807) is 13.3 Å². The van der Waals surface area contributed by atoms with Crippen LogP contribution >= 0.6 is 0 Å². The SMILES string of the molecule is COc1cc(N=S2(=O)CCCC2)cc2ncnc(Cc3cccnc3OC3CCC(O)CC3)c12. The molecule has 2 aliphatic rings. The van der Waals surface area contributed by atoms with Gasteiger partial charge in [-0.05, 0) is 50.7 Å². The second-order valence-electron chi connectivity index (χ2n) is 9.03. The Kier molecular flexibility index (Phi) is 6.65. The molecule has 3 heterocycles. The van der Waals surface area contributed by atoms with Gasteiger partial charge in [-0.1, -0.05) is 6.07 Å². The maximum Gasteiger partial charge on any atom is 0.217 e. The van der Waals surface area contributed by atoms with Crippen LogP contribution in [0.2, 0.25) is 0 Å². The molecule has 9 heteroatoms. The van der Waals surface area contributed by atoms with Gasteiger partial charge in [0.1, 0.15) is 18.2 Å². The zero-order valence-corrected chi connectivity index (χ0v) is 20.2. The van der Waals surface area contributed by atoms with Crippen molar-refractivity contribution in [2.45, 2.75) is 57.2 Å². The average Bonchev–Trinajstić information content (AvgIpc) is 3.27. The first kappa shape index (κ1) is 23.0. The second-order valence-corrected chi connectivity index (χ2v) is 11.6. The molecule has 180 valence electrons. The highest BCUT2D eigenvalue weighted by Crippen LogP contribution is 2.35. The number of rotatable bonds is 6. The Morgan fingerprint density at radius 3 is 2.68 bits per heavy atom. The van der Waals surface area contributed by atoms with E-state index in [0.29, 0.717) is 40.8 Å². The van der Waals surface area contributed by atoms with Gasteiger partial charge in [0.2, 0.25) is 5.88 Å². The number of ether oxygens (including phenoxy) is 2. The average molecular weight is 483 g/mol. The van der Waals surface area contributed by atoms with Crippen LogP contribution in [0.3, 0.4) is 0 Å². The van der Waals surface area contributed by atoms with Gasteiger partial charge in [-0.2, -0.15) is 4.36 Å². The summed E-state index contributed by atoms with van der Waals surface area (Å²) in [5.41, 5.74) is 3.07. The van der Waals surface area contributed by atoms with Crippen LogP contribution in [-0.4, -0.2) is 55.1 Å². The molecule has 34 heavy (non-hydrogen) atoms. The van der Waals surface area contributed by atoms with E-state index in [2.05, 4.69) is 19.3 Å². The predicted molar refractivity (Wildman–Crippen MR) is 131 cm³/mol. The van der Waals surface area contributed by atoms with Gasteiger partial charge in [0.15, 0.2) is 0 Å². The molecule has 1 saturated carbocycles. The summed E-state index contributed by atoms with van der Waals surface area (Å²) in [6.45, 7) is 0. The van der Waals surface area contributed by atoms with E-state index in [1.165, 1.54) is 6.33 Å². The van der Waals surface area contributed by atoms with E-state index in [9.17, 15) is 9.32 Å². The van der Waals surface area contributed by atoms with Crippen LogP contribution in [0.1, 0.15) is 49.8 Å². The van der Waals surface area contributed by atoms with Crippen molar-refractivity contribution in [1.29, 1.82) is 0 Å². The van der Waals surface area contributed by atoms with E-state index >= 15 is 0 Å². The van der Waals surface area contributed by atoms with Crippen LogP contribution in [0.15, 0.2) is 41.2 Å². The van der Waals surface area contributed by atoms with Crippen molar-refractivity contribution in [3.8, 4) is 11.6 Å². The lowest BCUT2D eigenvalue weighted by Gasteiger charge is -2.26. The molecule has 0 amide bonds. The van der Waals surface area contributed by atoms with Crippen LogP contribution in [0.4, 0.5) is 5.69 Å². The number of pyridine rings is 1. The van der Waals surface area contributed by atoms with Gasteiger partial charge >= 0.3 is 0 Å². The van der Waals surface area contributed by atoms with E-state index in [-0.39, 0.29) is 12.2 Å². The molecular formula is C25H30N4O4S. The Morgan fingerprint density at radius 1 is 1.12 bits per heavy atom. The van der Waals surface area contributed by atoms with Crippen molar-refractivity contribution in [1.82, 2.24) is 15.0 Å². The monoisotopic (exact) mass is 482 g/mol. The number of benzene rings is 1. The minimum absolute atomic E-state index is 0.0513. The molecule has 1 aliphatic heterocycles. The number of aliphatic hydroxyl groups is 1. The summed E-state index contributed by atoms with van der Waals surface area (Å²) < 4.78 is 29.5. The smallest absolute Gasteiger partial charge is 0.217 e. The molecule has 2 aromatic heterocycles. The molecule has 2 fully saturated rings. The molecule has 0 bridgehead atoms. The molecule has 3 aromatic rings. The minimum atomic E-state index is -2.20. The molecule has 1 aliphatic carbocycles. The lowest BCUT2D eigenvalue weighted by Crippen LogP contribution is -2.27. The molecule has 5 rings (SSSR count). The van der Waals surface area contributed by atoms with E-state index in [0.717, 1.165) is 55.2 Å². The summed E-state index contributed by atoms with van der Waals surface area (Å²) >= 11 is 0. The van der Waals surface area contributed by atoms with Crippen LogP contribution in [-0.2, 0) is 16.1 Å². The van der Waals surface area contributed by atoms with Crippen LogP contribution in [0, 0.1) is 0 Å². The van der Waals surface area contributed by atoms with Crippen LogP contribution in [0.5, 0.6) is 11.6 Å². The largest absolute Gasteiger partial charge is 0.496 e. The quantitative estimate of drug-likeness (QED) is 0.561. The summed E-state index contributed by atoms with van der Waals surface area (Å²) in [7, 11) is -0.585. The lowest BCUT2D eigenvalue weighted by molar-refractivity contribution is 0.0639. The van der Waals surface area contributed by atoms with Gasteiger partial charge in [0.05, 0.1) is 45.2 Å². The van der Waals surface area contributed by atoms with Gasteiger partial charge in [-0.15, -0.1) is 0 Å². The Bertz CT molecular complexity index is 1290. The third-order valence-corrected chi connectivity index (χ3v) is 8.96. The fourth-order valence-electron chi connectivity index (χ4n) is 4.76. The first-order valence-electron chi connectivity index (χ1n) is 11.9. The summed E-state index contributed by atoms with van der Waals surface area (Å²) in [5, 5.41) is 10.6. The highest BCUT2D eigenvalue weighted by atomic mass is 32.2. The molecule has 0 atom stereocenters. The van der Waals surface area contributed by atoms with E-state index in [1.807, 2.05) is 24.3 Å². The number of hydrogen-bond donors (Lipinski definition) is 1. The molecule has 0 radical (unpaired) electrons. The van der Waals surface area contributed by atoms with Gasteiger partial charge < -0.3 is 14.6 Å². The fourth-order valence-corrected chi connectivity index (χ4v) is 6.95. The molecule has 0 unspecified atom stereocenters.